The highest BCUT2D eigenvalue weighted by molar-refractivity contribution is 5.79. The van der Waals surface area contributed by atoms with Crippen molar-refractivity contribution in [2.45, 2.75) is 19.4 Å². The molecule has 1 heterocycles. The molecule has 1 amide bonds. The number of carbonyl (C=O) groups is 1. The summed E-state index contributed by atoms with van der Waals surface area (Å²) in [7, 11) is 0. The van der Waals surface area contributed by atoms with Gasteiger partial charge in [0.25, 0.3) is 0 Å². The fourth-order valence-corrected chi connectivity index (χ4v) is 2.69. The standard InChI is InChI=1S/C17H16FNO2/c18-15-6-3-5-12-8-9-19(11-14(12)15)17(21)10-13-4-1-2-7-16(13)20/h1-7,20H,8-11H2. The van der Waals surface area contributed by atoms with Gasteiger partial charge in [0.05, 0.1) is 6.42 Å². The minimum Gasteiger partial charge on any atom is -0.508 e. The van der Waals surface area contributed by atoms with Crippen LogP contribution in [0, 0.1) is 5.82 Å². The molecule has 1 N–H and O–H groups in total. The Hall–Kier alpha value is -2.36. The first-order valence-corrected chi connectivity index (χ1v) is 6.96. The fraction of sp³-hybridized carbons (Fsp3) is 0.235. The monoisotopic (exact) mass is 285 g/mol. The number of rotatable bonds is 2. The van der Waals surface area contributed by atoms with E-state index in [1.807, 2.05) is 6.07 Å². The molecule has 0 aromatic heterocycles. The maximum absolute atomic E-state index is 13.8. The van der Waals surface area contributed by atoms with Gasteiger partial charge in [-0.2, -0.15) is 0 Å². The topological polar surface area (TPSA) is 40.5 Å². The highest BCUT2D eigenvalue weighted by atomic mass is 19.1. The molecular weight excluding hydrogens is 269 g/mol. The van der Waals surface area contributed by atoms with Crippen molar-refractivity contribution in [1.29, 1.82) is 0 Å². The van der Waals surface area contributed by atoms with Crippen molar-refractivity contribution >= 4 is 5.91 Å². The number of phenolic OH excluding ortho intramolecular Hbond substituents is 1. The molecule has 0 bridgehead atoms. The lowest BCUT2D eigenvalue weighted by Gasteiger charge is -2.29. The zero-order valence-corrected chi connectivity index (χ0v) is 11.6. The number of fused-ring (bicyclic) bond motifs is 1. The lowest BCUT2D eigenvalue weighted by Crippen LogP contribution is -2.37. The molecule has 21 heavy (non-hydrogen) atoms. The number of benzene rings is 2. The Morgan fingerprint density at radius 1 is 1.19 bits per heavy atom. The van der Waals surface area contributed by atoms with Crippen LogP contribution < -0.4 is 0 Å². The van der Waals surface area contributed by atoms with Gasteiger partial charge in [0.1, 0.15) is 11.6 Å². The van der Waals surface area contributed by atoms with Gasteiger partial charge in [-0.25, -0.2) is 4.39 Å². The summed E-state index contributed by atoms with van der Waals surface area (Å²) in [5, 5.41) is 9.73. The first-order valence-electron chi connectivity index (χ1n) is 6.96. The van der Waals surface area contributed by atoms with E-state index in [-0.39, 0.29) is 23.9 Å². The number of amides is 1. The Morgan fingerprint density at radius 3 is 2.81 bits per heavy atom. The molecule has 3 rings (SSSR count). The first kappa shape index (κ1) is 13.6. The van der Waals surface area contributed by atoms with Gasteiger partial charge in [0, 0.05) is 24.2 Å². The normalized spacial score (nSPS) is 13.9. The van der Waals surface area contributed by atoms with E-state index in [4.69, 9.17) is 0 Å². The number of halogens is 1. The second-order valence-electron chi connectivity index (χ2n) is 5.25. The predicted octanol–water partition coefficient (Wildman–Crippen LogP) is 2.66. The number of nitrogens with zero attached hydrogens (tertiary/aromatic N) is 1. The van der Waals surface area contributed by atoms with Crippen LogP contribution >= 0.6 is 0 Å². The van der Waals surface area contributed by atoms with E-state index in [0.717, 1.165) is 5.56 Å². The molecule has 0 spiro atoms. The number of carbonyl (C=O) groups excluding carboxylic acids is 1. The van der Waals surface area contributed by atoms with Crippen molar-refractivity contribution in [3.8, 4) is 5.75 Å². The zero-order chi connectivity index (χ0) is 14.8. The SMILES string of the molecule is O=C(Cc1ccccc1O)N1CCc2cccc(F)c2C1. The largest absolute Gasteiger partial charge is 0.508 e. The summed E-state index contributed by atoms with van der Waals surface area (Å²) in [5.41, 5.74) is 2.18. The Labute approximate surface area is 122 Å². The van der Waals surface area contributed by atoms with Crippen molar-refractivity contribution in [1.82, 2.24) is 4.90 Å². The molecule has 3 nitrogen and oxygen atoms in total. The lowest BCUT2D eigenvalue weighted by atomic mass is 9.98. The van der Waals surface area contributed by atoms with Crippen LogP contribution in [0.1, 0.15) is 16.7 Å². The first-order chi connectivity index (χ1) is 10.1. The van der Waals surface area contributed by atoms with Crippen LogP contribution in [-0.4, -0.2) is 22.5 Å². The molecule has 0 unspecified atom stereocenters. The van der Waals surface area contributed by atoms with Crippen molar-refractivity contribution in [3.05, 3.63) is 65.0 Å². The predicted molar refractivity (Wildman–Crippen MR) is 77.3 cm³/mol. The summed E-state index contributed by atoms with van der Waals surface area (Å²) in [6.07, 6.45) is 0.802. The molecule has 0 saturated carbocycles. The van der Waals surface area contributed by atoms with E-state index >= 15 is 0 Å². The van der Waals surface area contributed by atoms with Gasteiger partial charge >= 0.3 is 0 Å². The molecule has 2 aromatic rings. The van der Waals surface area contributed by atoms with Crippen LogP contribution in [0.3, 0.4) is 0 Å². The van der Waals surface area contributed by atoms with Crippen molar-refractivity contribution in [2.24, 2.45) is 0 Å². The molecule has 1 aliphatic rings. The minimum atomic E-state index is -0.257. The number of hydrogen-bond donors (Lipinski definition) is 1. The molecule has 2 aromatic carbocycles. The van der Waals surface area contributed by atoms with Gasteiger partial charge in [0.15, 0.2) is 0 Å². The van der Waals surface area contributed by atoms with E-state index in [0.29, 0.717) is 30.6 Å². The third-order valence-corrected chi connectivity index (χ3v) is 3.90. The van der Waals surface area contributed by atoms with Gasteiger partial charge in [-0.15, -0.1) is 0 Å². The number of hydrogen-bond acceptors (Lipinski definition) is 2. The molecule has 0 fully saturated rings. The highest BCUT2D eigenvalue weighted by Gasteiger charge is 2.23. The Bertz CT molecular complexity index is 684. The van der Waals surface area contributed by atoms with Crippen molar-refractivity contribution in [3.63, 3.8) is 0 Å². The molecule has 0 saturated heterocycles. The maximum atomic E-state index is 13.8. The van der Waals surface area contributed by atoms with E-state index < -0.39 is 0 Å². The second-order valence-corrected chi connectivity index (χ2v) is 5.25. The van der Waals surface area contributed by atoms with Gasteiger partial charge in [-0.1, -0.05) is 30.3 Å². The van der Waals surface area contributed by atoms with Gasteiger partial charge < -0.3 is 10.0 Å². The van der Waals surface area contributed by atoms with E-state index in [1.165, 1.54) is 6.07 Å². The zero-order valence-electron chi connectivity index (χ0n) is 11.6. The molecular formula is C17H16FNO2. The third-order valence-electron chi connectivity index (χ3n) is 3.90. The average molecular weight is 285 g/mol. The smallest absolute Gasteiger partial charge is 0.227 e. The quantitative estimate of drug-likeness (QED) is 0.921. The summed E-state index contributed by atoms with van der Waals surface area (Å²) in [6, 6.07) is 11.8. The van der Waals surface area contributed by atoms with E-state index in [2.05, 4.69) is 0 Å². The number of phenols is 1. The molecule has 0 aliphatic carbocycles. The molecule has 0 atom stereocenters. The van der Waals surface area contributed by atoms with Crippen LogP contribution in [0.25, 0.3) is 0 Å². The maximum Gasteiger partial charge on any atom is 0.227 e. The average Bonchev–Trinajstić information content (AvgIpc) is 2.50. The van der Waals surface area contributed by atoms with Gasteiger partial charge in [-0.3, -0.25) is 4.79 Å². The van der Waals surface area contributed by atoms with E-state index in [1.54, 1.807) is 35.2 Å². The summed E-state index contributed by atoms with van der Waals surface area (Å²) in [6.45, 7) is 0.886. The summed E-state index contributed by atoms with van der Waals surface area (Å²) >= 11 is 0. The van der Waals surface area contributed by atoms with Crippen LogP contribution in [0.5, 0.6) is 5.75 Å². The Morgan fingerprint density at radius 2 is 2.00 bits per heavy atom. The van der Waals surface area contributed by atoms with Gasteiger partial charge in [0.2, 0.25) is 5.91 Å². The second kappa shape index (κ2) is 5.56. The molecule has 0 radical (unpaired) electrons. The Balaban J connectivity index is 1.76. The summed E-state index contributed by atoms with van der Waals surface area (Å²) < 4.78 is 13.8. The summed E-state index contributed by atoms with van der Waals surface area (Å²) in [4.78, 5) is 14.0. The third kappa shape index (κ3) is 2.75. The van der Waals surface area contributed by atoms with Crippen LogP contribution in [-0.2, 0) is 24.2 Å². The molecule has 1 aliphatic heterocycles. The number of para-hydroxylation sites is 1. The van der Waals surface area contributed by atoms with Crippen molar-refractivity contribution < 1.29 is 14.3 Å². The molecule has 4 heteroatoms. The number of aromatic hydroxyl groups is 1. The highest BCUT2D eigenvalue weighted by Crippen LogP contribution is 2.23. The van der Waals surface area contributed by atoms with Crippen LogP contribution in [0.4, 0.5) is 4.39 Å². The van der Waals surface area contributed by atoms with Crippen LogP contribution in [0.2, 0.25) is 0 Å². The van der Waals surface area contributed by atoms with Gasteiger partial charge in [-0.05, 0) is 24.1 Å². The Kier molecular flexibility index (Phi) is 3.60. The van der Waals surface area contributed by atoms with Crippen molar-refractivity contribution in [2.75, 3.05) is 6.54 Å². The van der Waals surface area contributed by atoms with E-state index in [9.17, 15) is 14.3 Å². The molecule has 108 valence electrons. The van der Waals surface area contributed by atoms with Crippen LogP contribution in [0.15, 0.2) is 42.5 Å². The minimum absolute atomic E-state index is 0.0922. The summed E-state index contributed by atoms with van der Waals surface area (Å²) in [5.74, 6) is -0.229. The lowest BCUT2D eigenvalue weighted by molar-refractivity contribution is -0.131. The fourth-order valence-electron chi connectivity index (χ4n) is 2.69.